The number of hydrogen-bond donors (Lipinski definition) is 1. The molecule has 23 heavy (non-hydrogen) atoms. The van der Waals surface area contributed by atoms with E-state index in [1.54, 1.807) is 18.1 Å². The zero-order valence-corrected chi connectivity index (χ0v) is 13.5. The highest BCUT2D eigenvalue weighted by atomic mass is 16.3. The molecule has 0 saturated carbocycles. The number of carbonyl (C=O) groups excluding carboxylic acids is 1. The summed E-state index contributed by atoms with van der Waals surface area (Å²) in [5.74, 6) is 0.770. The molecule has 0 radical (unpaired) electrons. The summed E-state index contributed by atoms with van der Waals surface area (Å²) in [6.45, 7) is 2.80. The summed E-state index contributed by atoms with van der Waals surface area (Å²) in [6.07, 6.45) is 4.49. The summed E-state index contributed by atoms with van der Waals surface area (Å²) in [5.41, 5.74) is 0.840. The fraction of sp³-hybridized carbons (Fsp3) is 0.421. The molecule has 0 saturated heterocycles. The zero-order chi connectivity index (χ0) is 16.3. The van der Waals surface area contributed by atoms with Gasteiger partial charge in [-0.1, -0.05) is 30.3 Å². The minimum Gasteiger partial charge on any atom is -0.469 e. The van der Waals surface area contributed by atoms with Crippen molar-refractivity contribution < 1.29 is 14.3 Å². The Labute approximate surface area is 136 Å². The van der Waals surface area contributed by atoms with Crippen LogP contribution in [0.15, 0.2) is 47.1 Å². The first-order chi connectivity index (χ1) is 11.1. The Morgan fingerprint density at radius 1 is 1.30 bits per heavy atom. The van der Waals surface area contributed by atoms with Gasteiger partial charge in [-0.05, 0) is 37.8 Å². The van der Waals surface area contributed by atoms with Crippen molar-refractivity contribution >= 4 is 5.91 Å². The van der Waals surface area contributed by atoms with Crippen LogP contribution in [0.4, 0.5) is 0 Å². The Hall–Kier alpha value is -2.07. The van der Waals surface area contributed by atoms with Crippen molar-refractivity contribution in [2.75, 3.05) is 6.54 Å². The van der Waals surface area contributed by atoms with Gasteiger partial charge in [-0.3, -0.25) is 4.79 Å². The number of aryl methyl sites for hydroxylation is 2. The third-order valence-electron chi connectivity index (χ3n) is 4.52. The molecule has 1 atom stereocenters. The lowest BCUT2D eigenvalue weighted by Gasteiger charge is -2.30. The Bertz CT molecular complexity index is 660. The van der Waals surface area contributed by atoms with Crippen molar-refractivity contribution in [3.63, 3.8) is 0 Å². The van der Waals surface area contributed by atoms with E-state index in [1.807, 2.05) is 36.4 Å². The molecular weight excluding hydrogens is 290 g/mol. The number of benzene rings is 1. The van der Waals surface area contributed by atoms with Crippen molar-refractivity contribution in [1.82, 2.24) is 4.90 Å². The van der Waals surface area contributed by atoms with Gasteiger partial charge in [0.25, 0.3) is 5.91 Å². The minimum absolute atomic E-state index is 0.192. The molecule has 2 heterocycles. The lowest BCUT2D eigenvalue weighted by atomic mass is 9.95. The van der Waals surface area contributed by atoms with Crippen LogP contribution < -0.4 is 0 Å². The van der Waals surface area contributed by atoms with Crippen LogP contribution in [-0.2, 0) is 24.2 Å². The smallest absolute Gasteiger partial charge is 0.254 e. The monoisotopic (exact) mass is 313 g/mol. The summed E-state index contributed by atoms with van der Waals surface area (Å²) < 4.78 is 5.45. The van der Waals surface area contributed by atoms with Gasteiger partial charge in [0.15, 0.2) is 0 Å². The SMILES string of the molecule is CC(O)(CCc1ccccc1)C(=O)N1CCCc2occc2C1. The van der Waals surface area contributed by atoms with E-state index in [-0.39, 0.29) is 5.91 Å². The summed E-state index contributed by atoms with van der Waals surface area (Å²) in [7, 11) is 0. The normalized spacial score (nSPS) is 17.2. The second-order valence-electron chi connectivity index (χ2n) is 6.46. The van der Waals surface area contributed by atoms with Crippen molar-refractivity contribution in [3.8, 4) is 0 Å². The standard InChI is InChI=1S/C19H23NO3/c1-19(22,11-9-15-6-3-2-4-7-15)18(21)20-12-5-8-17-16(14-20)10-13-23-17/h2-4,6-7,10,13,22H,5,8-9,11-12,14H2,1H3. The van der Waals surface area contributed by atoms with Crippen LogP contribution in [0.1, 0.15) is 36.7 Å². The molecule has 1 N–H and O–H groups in total. The number of carbonyl (C=O) groups is 1. The molecule has 0 fully saturated rings. The van der Waals surface area contributed by atoms with E-state index in [1.165, 1.54) is 0 Å². The van der Waals surface area contributed by atoms with E-state index in [0.717, 1.165) is 29.7 Å². The third-order valence-corrected chi connectivity index (χ3v) is 4.52. The van der Waals surface area contributed by atoms with E-state index in [0.29, 0.717) is 25.9 Å². The van der Waals surface area contributed by atoms with Gasteiger partial charge in [-0.25, -0.2) is 0 Å². The quantitative estimate of drug-likeness (QED) is 0.944. The molecule has 0 spiro atoms. The van der Waals surface area contributed by atoms with Gasteiger partial charge in [0.1, 0.15) is 11.4 Å². The third kappa shape index (κ3) is 3.64. The fourth-order valence-corrected chi connectivity index (χ4v) is 3.10. The average Bonchev–Trinajstić information content (AvgIpc) is 2.90. The molecule has 3 rings (SSSR count). The van der Waals surface area contributed by atoms with Crippen LogP contribution in [0.3, 0.4) is 0 Å². The maximum Gasteiger partial charge on any atom is 0.254 e. The molecule has 1 aromatic carbocycles. The van der Waals surface area contributed by atoms with Gasteiger partial charge in [-0.15, -0.1) is 0 Å². The molecule has 1 aliphatic heterocycles. The number of amides is 1. The minimum atomic E-state index is -1.34. The summed E-state index contributed by atoms with van der Waals surface area (Å²) >= 11 is 0. The lowest BCUT2D eigenvalue weighted by molar-refractivity contribution is -0.150. The molecule has 0 bridgehead atoms. The molecular formula is C19H23NO3. The van der Waals surface area contributed by atoms with Gasteiger partial charge in [-0.2, -0.15) is 0 Å². The zero-order valence-electron chi connectivity index (χ0n) is 13.5. The fourth-order valence-electron chi connectivity index (χ4n) is 3.10. The molecule has 2 aromatic rings. The Kier molecular flexibility index (Phi) is 4.53. The van der Waals surface area contributed by atoms with Crippen LogP contribution in [-0.4, -0.2) is 28.1 Å². The molecule has 0 aliphatic carbocycles. The molecule has 1 unspecified atom stereocenters. The number of rotatable bonds is 4. The van der Waals surface area contributed by atoms with Crippen LogP contribution in [0.25, 0.3) is 0 Å². The van der Waals surface area contributed by atoms with Crippen molar-refractivity contribution in [1.29, 1.82) is 0 Å². The number of furan rings is 1. The van der Waals surface area contributed by atoms with Crippen molar-refractivity contribution in [3.05, 3.63) is 59.5 Å². The lowest BCUT2D eigenvalue weighted by Crippen LogP contribution is -2.47. The van der Waals surface area contributed by atoms with Crippen molar-refractivity contribution in [2.24, 2.45) is 0 Å². The highest BCUT2D eigenvalue weighted by Gasteiger charge is 2.35. The van der Waals surface area contributed by atoms with Gasteiger partial charge in [0, 0.05) is 25.1 Å². The molecule has 1 amide bonds. The maximum absolute atomic E-state index is 12.8. The molecule has 4 nitrogen and oxygen atoms in total. The van der Waals surface area contributed by atoms with Crippen LogP contribution in [0.2, 0.25) is 0 Å². The summed E-state index contributed by atoms with van der Waals surface area (Å²) in [4.78, 5) is 14.5. The highest BCUT2D eigenvalue weighted by molar-refractivity contribution is 5.84. The maximum atomic E-state index is 12.8. The van der Waals surface area contributed by atoms with E-state index in [9.17, 15) is 9.90 Å². The molecule has 1 aliphatic rings. The highest BCUT2D eigenvalue weighted by Crippen LogP contribution is 2.24. The Balaban J connectivity index is 1.66. The molecule has 1 aromatic heterocycles. The van der Waals surface area contributed by atoms with Gasteiger partial charge < -0.3 is 14.4 Å². The summed E-state index contributed by atoms with van der Waals surface area (Å²) in [6, 6.07) is 11.9. The van der Waals surface area contributed by atoms with E-state index in [2.05, 4.69) is 0 Å². The van der Waals surface area contributed by atoms with Crippen LogP contribution in [0.5, 0.6) is 0 Å². The average molecular weight is 313 g/mol. The predicted octanol–water partition coefficient (Wildman–Crippen LogP) is 2.94. The number of fused-ring (bicyclic) bond motifs is 1. The molecule has 122 valence electrons. The topological polar surface area (TPSA) is 53.7 Å². The first-order valence-electron chi connectivity index (χ1n) is 8.17. The van der Waals surface area contributed by atoms with E-state index in [4.69, 9.17) is 4.42 Å². The van der Waals surface area contributed by atoms with Crippen molar-refractivity contribution in [2.45, 2.75) is 44.8 Å². The van der Waals surface area contributed by atoms with Crippen LogP contribution in [0, 0.1) is 0 Å². The second kappa shape index (κ2) is 6.59. The van der Waals surface area contributed by atoms with Crippen LogP contribution >= 0.6 is 0 Å². The first kappa shape index (κ1) is 15.8. The van der Waals surface area contributed by atoms with E-state index >= 15 is 0 Å². The summed E-state index contributed by atoms with van der Waals surface area (Å²) in [5, 5.41) is 10.7. The predicted molar refractivity (Wildman–Crippen MR) is 87.8 cm³/mol. The largest absolute Gasteiger partial charge is 0.469 e. The number of hydrogen-bond acceptors (Lipinski definition) is 3. The van der Waals surface area contributed by atoms with Gasteiger partial charge >= 0.3 is 0 Å². The van der Waals surface area contributed by atoms with Gasteiger partial charge in [0.05, 0.1) is 6.26 Å². The Morgan fingerprint density at radius 3 is 2.87 bits per heavy atom. The van der Waals surface area contributed by atoms with Gasteiger partial charge in [0.2, 0.25) is 0 Å². The van der Waals surface area contributed by atoms with E-state index < -0.39 is 5.60 Å². The first-order valence-corrected chi connectivity index (χ1v) is 8.17. The second-order valence-corrected chi connectivity index (χ2v) is 6.46. The molecule has 4 heteroatoms. The Morgan fingerprint density at radius 2 is 2.09 bits per heavy atom. The number of aliphatic hydroxyl groups is 1. The number of nitrogens with zero attached hydrogens (tertiary/aromatic N) is 1.